The summed E-state index contributed by atoms with van der Waals surface area (Å²) in [5.74, 6) is 0. The fraction of sp³-hybridized carbons (Fsp3) is 0.311. The van der Waals surface area contributed by atoms with E-state index >= 15 is 0 Å². The Hall–Kier alpha value is -5.90. The largest absolute Gasteiger partial charge is 0.374 e. The van der Waals surface area contributed by atoms with E-state index in [9.17, 15) is 5.11 Å². The average Bonchev–Trinajstić information content (AvgIpc) is 3.44. The van der Waals surface area contributed by atoms with Crippen molar-refractivity contribution in [2.24, 2.45) is 0 Å². The molecule has 72 heavy (non-hydrogen) atoms. The van der Waals surface area contributed by atoms with E-state index < -0.39 is 61.4 Å². The molecule has 2 fully saturated rings. The lowest BCUT2D eigenvalue weighted by Crippen LogP contribution is -2.63. The van der Waals surface area contributed by atoms with Crippen molar-refractivity contribution in [1.82, 2.24) is 0 Å². The minimum atomic E-state index is -1.41. The second-order valence-electron chi connectivity index (χ2n) is 18.0. The van der Waals surface area contributed by atoms with Crippen molar-refractivity contribution in [2.75, 3.05) is 13.2 Å². The third-order valence-corrected chi connectivity index (χ3v) is 12.7. The Morgan fingerprint density at radius 2 is 0.556 bits per heavy atom. The second kappa shape index (κ2) is 27.2. The molecule has 2 heterocycles. The lowest BCUT2D eigenvalue weighted by atomic mass is 9.97. The smallest absolute Gasteiger partial charge is 0.187 e. The van der Waals surface area contributed by atoms with E-state index in [0.717, 1.165) is 38.9 Å². The van der Waals surface area contributed by atoms with E-state index in [-0.39, 0.29) is 52.9 Å². The summed E-state index contributed by atoms with van der Waals surface area (Å²) in [4.78, 5) is 0. The van der Waals surface area contributed by atoms with Crippen LogP contribution < -0.4 is 0 Å². The maximum Gasteiger partial charge on any atom is 0.187 e. The molecule has 1 N–H and O–H groups in total. The Morgan fingerprint density at radius 3 is 0.917 bits per heavy atom. The zero-order valence-electron chi connectivity index (χ0n) is 40.4. The van der Waals surface area contributed by atoms with Gasteiger partial charge in [-0.3, -0.25) is 0 Å². The fourth-order valence-corrected chi connectivity index (χ4v) is 8.97. The van der Waals surface area contributed by atoms with Gasteiger partial charge in [-0.25, -0.2) is 0 Å². The highest BCUT2D eigenvalue weighted by molar-refractivity contribution is 5.19. The summed E-state index contributed by atoms with van der Waals surface area (Å²) in [5, 5.41) is 12.0. The van der Waals surface area contributed by atoms with Crippen LogP contribution in [0.1, 0.15) is 38.9 Å². The Balaban J connectivity index is 1.04. The first kappa shape index (κ1) is 51.0. The number of benzene rings is 7. The number of ether oxygens (including phenoxy) is 10. The molecule has 2 aliphatic rings. The molecule has 0 radical (unpaired) electrons. The van der Waals surface area contributed by atoms with E-state index in [4.69, 9.17) is 47.4 Å². The average molecular weight is 973 g/mol. The van der Waals surface area contributed by atoms with Crippen LogP contribution in [0.15, 0.2) is 212 Å². The van der Waals surface area contributed by atoms with Gasteiger partial charge in [-0.1, -0.05) is 212 Å². The van der Waals surface area contributed by atoms with Gasteiger partial charge >= 0.3 is 0 Å². The van der Waals surface area contributed by atoms with Gasteiger partial charge in [-0.2, -0.15) is 0 Å². The maximum atomic E-state index is 12.0. The predicted octanol–water partition coefficient (Wildman–Crippen LogP) is 10.2. The normalized spacial score (nSPS) is 24.2. The highest BCUT2D eigenvalue weighted by Crippen LogP contribution is 2.34. The van der Waals surface area contributed by atoms with E-state index in [1.165, 1.54) is 0 Å². The van der Waals surface area contributed by atoms with Crippen LogP contribution in [0.4, 0.5) is 0 Å². The molecule has 11 nitrogen and oxygen atoms in total. The van der Waals surface area contributed by atoms with Gasteiger partial charge in [0.1, 0.15) is 48.8 Å². The lowest BCUT2D eigenvalue weighted by Gasteiger charge is -2.47. The molecule has 0 amide bonds. The molecular weight excluding hydrogens is 909 g/mol. The summed E-state index contributed by atoms with van der Waals surface area (Å²) >= 11 is 0. The zero-order chi connectivity index (χ0) is 49.0. The molecule has 2 saturated heterocycles. The molecule has 7 aromatic rings. The summed E-state index contributed by atoms with van der Waals surface area (Å²) in [6, 6.07) is 69.7. The molecule has 0 unspecified atom stereocenters. The van der Waals surface area contributed by atoms with Gasteiger partial charge in [-0.05, 0) is 38.9 Å². The quantitative estimate of drug-likeness (QED) is 0.0591. The zero-order valence-corrected chi connectivity index (χ0v) is 40.4. The van der Waals surface area contributed by atoms with Gasteiger partial charge in [-0.15, -0.1) is 0 Å². The summed E-state index contributed by atoms with van der Waals surface area (Å²) in [5.41, 5.74) is 6.80. The molecule has 11 heteroatoms. The highest BCUT2D eigenvalue weighted by atomic mass is 16.7. The number of rotatable bonds is 25. The van der Waals surface area contributed by atoms with Crippen LogP contribution in [0.3, 0.4) is 0 Å². The highest BCUT2D eigenvalue weighted by Gasteiger charge is 2.52. The second-order valence-corrected chi connectivity index (χ2v) is 18.0. The van der Waals surface area contributed by atoms with Crippen molar-refractivity contribution in [3.8, 4) is 0 Å². The van der Waals surface area contributed by atoms with Crippen molar-refractivity contribution < 1.29 is 52.5 Å². The predicted molar refractivity (Wildman–Crippen MR) is 272 cm³/mol. The van der Waals surface area contributed by atoms with Crippen molar-refractivity contribution in [3.05, 3.63) is 251 Å². The van der Waals surface area contributed by atoms with Crippen LogP contribution in [-0.4, -0.2) is 79.7 Å². The van der Waals surface area contributed by atoms with E-state index in [1.54, 1.807) is 0 Å². The van der Waals surface area contributed by atoms with Crippen LogP contribution >= 0.6 is 0 Å². The van der Waals surface area contributed by atoms with Crippen LogP contribution in [0, 0.1) is 0 Å². The van der Waals surface area contributed by atoms with Gasteiger partial charge in [0.25, 0.3) is 0 Å². The monoisotopic (exact) mass is 972 g/mol. The number of hydrogen-bond acceptors (Lipinski definition) is 11. The molecule has 0 spiro atoms. The van der Waals surface area contributed by atoms with Crippen LogP contribution in [-0.2, 0) is 93.6 Å². The van der Waals surface area contributed by atoms with E-state index in [2.05, 4.69) is 0 Å². The van der Waals surface area contributed by atoms with Crippen molar-refractivity contribution >= 4 is 0 Å². The first-order chi connectivity index (χ1) is 35.6. The third-order valence-electron chi connectivity index (χ3n) is 12.7. The standard InChI is InChI=1S/C61H64O11/c62-60-58(68-41-50-32-18-6-19-33-50)56(66-39-48-28-14-4-15-29-48)55(65-38-47-26-12-3-13-27-47)53(71-60)44-70-61-59(69-42-51-34-20-7-21-35-51)57(67-40-49-30-16-5-17-31-49)54(64-37-46-24-10-2-11-25-46)52(72-61)43-63-36-45-22-8-1-9-23-45/h1-35,52-62H,36-44H2/t52-,53-,54+,55-,56+,57+,58+,59-,60+,61+/m1/s1. The molecule has 7 aromatic carbocycles. The lowest BCUT2D eigenvalue weighted by molar-refractivity contribution is -0.349. The summed E-state index contributed by atoms with van der Waals surface area (Å²) < 4.78 is 67.9. The molecule has 2 aliphatic heterocycles. The minimum Gasteiger partial charge on any atom is -0.374 e. The Morgan fingerprint density at radius 1 is 0.278 bits per heavy atom. The van der Waals surface area contributed by atoms with Crippen molar-refractivity contribution in [1.29, 1.82) is 0 Å². The molecular formula is C61H64O11. The molecule has 0 bridgehead atoms. The summed E-state index contributed by atoms with van der Waals surface area (Å²) in [6.07, 6.45) is -8.74. The first-order valence-corrected chi connectivity index (χ1v) is 24.8. The van der Waals surface area contributed by atoms with Gasteiger partial charge in [0, 0.05) is 0 Å². The van der Waals surface area contributed by atoms with E-state index in [0.29, 0.717) is 6.61 Å². The fourth-order valence-electron chi connectivity index (χ4n) is 8.97. The van der Waals surface area contributed by atoms with Gasteiger partial charge in [0.15, 0.2) is 12.6 Å². The van der Waals surface area contributed by atoms with Crippen molar-refractivity contribution in [2.45, 2.75) is 108 Å². The molecule has 0 aromatic heterocycles. The Kier molecular flexibility index (Phi) is 19.3. The molecule has 9 rings (SSSR count). The molecule has 0 saturated carbocycles. The number of aliphatic hydroxyl groups excluding tert-OH is 1. The Bertz CT molecular complexity index is 2550. The topological polar surface area (TPSA) is 113 Å². The van der Waals surface area contributed by atoms with E-state index in [1.807, 2.05) is 212 Å². The van der Waals surface area contributed by atoms with Crippen molar-refractivity contribution in [3.63, 3.8) is 0 Å². The first-order valence-electron chi connectivity index (χ1n) is 24.8. The van der Waals surface area contributed by atoms with Gasteiger partial charge in [0.2, 0.25) is 0 Å². The summed E-state index contributed by atoms with van der Waals surface area (Å²) in [7, 11) is 0. The number of hydrogen-bond donors (Lipinski definition) is 1. The molecule has 0 aliphatic carbocycles. The summed E-state index contributed by atoms with van der Waals surface area (Å²) in [6.45, 7) is 1.89. The number of aliphatic hydroxyl groups is 1. The van der Waals surface area contributed by atoms with Crippen LogP contribution in [0.2, 0.25) is 0 Å². The maximum absolute atomic E-state index is 12.0. The third kappa shape index (κ3) is 14.8. The molecule has 10 atom stereocenters. The van der Waals surface area contributed by atoms with Gasteiger partial charge in [0.05, 0.1) is 59.5 Å². The Labute approximate surface area is 423 Å². The van der Waals surface area contributed by atoms with Crippen LogP contribution in [0.25, 0.3) is 0 Å². The minimum absolute atomic E-state index is 0.0957. The van der Waals surface area contributed by atoms with Gasteiger partial charge < -0.3 is 52.5 Å². The SMILES string of the molecule is O[C@H]1O[C@H](CO[C@H]2O[C@H](COCc3ccccc3)[C@H](OCc3ccccc3)[C@H](OCc3ccccc3)[C@H]2OCc2ccccc2)[C@@H](OCc2ccccc2)[C@H](OCc2ccccc2)[C@@H]1OCc1ccccc1. The van der Waals surface area contributed by atoms with Crippen LogP contribution in [0.5, 0.6) is 0 Å². The molecule has 374 valence electrons.